The summed E-state index contributed by atoms with van der Waals surface area (Å²) in [5, 5.41) is 12.1. The minimum atomic E-state index is -0.757. The van der Waals surface area contributed by atoms with Gasteiger partial charge in [0.2, 0.25) is 5.91 Å². The number of carbonyl (C=O) groups excluding carboxylic acids is 1. The predicted octanol–water partition coefficient (Wildman–Crippen LogP) is 3.89. The van der Waals surface area contributed by atoms with Crippen LogP contribution in [0.4, 0.5) is 5.69 Å². The number of benzene rings is 1. The lowest BCUT2D eigenvalue weighted by Crippen LogP contribution is -2.34. The second-order valence-electron chi connectivity index (χ2n) is 7.12. The maximum Gasteiger partial charge on any atom is 0.306 e. The van der Waals surface area contributed by atoms with Gasteiger partial charge in [-0.25, -0.2) is 0 Å². The van der Waals surface area contributed by atoms with E-state index < -0.39 is 12.0 Å². The maximum absolute atomic E-state index is 12.3. The number of nitrogens with two attached hydrogens (primary N) is 1. The van der Waals surface area contributed by atoms with Crippen LogP contribution in [-0.2, 0) is 13.7 Å². The van der Waals surface area contributed by atoms with Crippen LogP contribution in [0, 0.1) is 5.92 Å². The zero-order valence-corrected chi connectivity index (χ0v) is 18.3. The third-order valence-electron chi connectivity index (χ3n) is 4.83. The first kappa shape index (κ1) is 22.9. The molecule has 1 amide bonds. The van der Waals surface area contributed by atoms with E-state index in [0.717, 1.165) is 42.0 Å². The maximum atomic E-state index is 12.3. The number of thioether (sulfide) groups is 2. The molecule has 8 heteroatoms. The molecule has 1 unspecified atom stereocenters. The molecule has 2 rings (SSSR count). The minimum Gasteiger partial charge on any atom is -0.497 e. The monoisotopic (exact) mass is 426 g/mol. The Morgan fingerprint density at radius 1 is 1.32 bits per heavy atom. The average molecular weight is 427 g/mol. The molecule has 0 saturated carbocycles. The summed E-state index contributed by atoms with van der Waals surface area (Å²) >= 11 is 3.76. The Bertz CT molecular complexity index is 691. The van der Waals surface area contributed by atoms with E-state index in [2.05, 4.69) is 5.32 Å². The van der Waals surface area contributed by atoms with Crippen molar-refractivity contribution in [3.8, 4) is 5.75 Å². The van der Waals surface area contributed by atoms with Crippen molar-refractivity contribution in [2.45, 2.75) is 49.7 Å². The van der Waals surface area contributed by atoms with Gasteiger partial charge in [-0.15, -0.1) is 23.5 Å². The van der Waals surface area contributed by atoms with Crippen molar-refractivity contribution >= 4 is 41.1 Å². The van der Waals surface area contributed by atoms with E-state index in [9.17, 15) is 9.59 Å². The van der Waals surface area contributed by atoms with E-state index in [4.69, 9.17) is 15.6 Å². The first-order valence-electron chi connectivity index (χ1n) is 9.55. The highest BCUT2D eigenvalue weighted by Crippen LogP contribution is 2.55. The summed E-state index contributed by atoms with van der Waals surface area (Å²) in [5.74, 6) is 1.39. The number of carboxylic acids is 1. The van der Waals surface area contributed by atoms with Gasteiger partial charge in [-0.05, 0) is 43.8 Å². The number of hydrogen-bond acceptors (Lipinski definition) is 6. The number of rotatable bonds is 9. The van der Waals surface area contributed by atoms with Gasteiger partial charge in [0.05, 0.1) is 23.1 Å². The molecule has 4 N–H and O–H groups in total. The molecule has 1 saturated heterocycles. The fraction of sp³-hybridized carbons (Fsp3) is 0.600. The van der Waals surface area contributed by atoms with Crippen molar-refractivity contribution in [1.82, 2.24) is 0 Å². The van der Waals surface area contributed by atoms with Crippen molar-refractivity contribution in [3.05, 3.63) is 23.8 Å². The summed E-state index contributed by atoms with van der Waals surface area (Å²) in [5.41, 5.74) is 7.51. The van der Waals surface area contributed by atoms with Crippen molar-refractivity contribution < 1.29 is 19.4 Å². The largest absolute Gasteiger partial charge is 0.497 e. The van der Waals surface area contributed by atoms with Crippen molar-refractivity contribution in [1.29, 1.82) is 0 Å². The predicted molar refractivity (Wildman–Crippen MR) is 117 cm³/mol. The highest BCUT2D eigenvalue weighted by molar-refractivity contribution is 8.18. The van der Waals surface area contributed by atoms with Gasteiger partial charge < -0.3 is 20.9 Å². The van der Waals surface area contributed by atoms with Crippen LogP contribution in [0.1, 0.15) is 45.1 Å². The van der Waals surface area contributed by atoms with Crippen LogP contribution in [0.2, 0.25) is 0 Å². The fourth-order valence-corrected chi connectivity index (χ4v) is 6.60. The summed E-state index contributed by atoms with van der Waals surface area (Å²) in [7, 11) is 1.60. The van der Waals surface area contributed by atoms with Gasteiger partial charge in [-0.1, -0.05) is 19.4 Å². The van der Waals surface area contributed by atoms with Crippen molar-refractivity contribution in [2.75, 3.05) is 23.9 Å². The number of ether oxygens (including phenoxy) is 1. The van der Waals surface area contributed by atoms with Gasteiger partial charge in [0, 0.05) is 17.3 Å². The van der Waals surface area contributed by atoms with Crippen LogP contribution in [0.5, 0.6) is 5.75 Å². The average Bonchev–Trinajstić information content (AvgIpc) is 2.68. The molecule has 156 valence electrons. The summed E-state index contributed by atoms with van der Waals surface area (Å²) in [4.78, 5) is 23.4. The van der Waals surface area contributed by atoms with Crippen LogP contribution in [0.25, 0.3) is 0 Å². The van der Waals surface area contributed by atoms with E-state index in [0.29, 0.717) is 12.2 Å². The molecular formula is C20H30N2O4S2. The number of nitrogens with one attached hydrogen (secondary N) is 1. The quantitative estimate of drug-likeness (QED) is 0.550. The lowest BCUT2D eigenvalue weighted by molar-refractivity contribution is -0.141. The smallest absolute Gasteiger partial charge is 0.306 e. The standard InChI is InChI=1S/C20H30N2O4S2/c1-13(19(24)25)6-4-9-20(27-10-5-11-28-20)16-8-7-15(26-3)12-17(16)22-18(23)14(2)21/h7-8,12-14H,4-6,9-11,21H2,1-3H3,(H,22,23)(H,24,25)/t13-,14?/m1/s1. The topological polar surface area (TPSA) is 102 Å². The number of anilines is 1. The van der Waals surface area contributed by atoms with E-state index >= 15 is 0 Å². The molecule has 0 spiro atoms. The minimum absolute atomic E-state index is 0.219. The van der Waals surface area contributed by atoms with Crippen LogP contribution < -0.4 is 15.8 Å². The molecule has 0 aromatic heterocycles. The molecule has 1 aliphatic heterocycles. The molecule has 1 fully saturated rings. The third kappa shape index (κ3) is 5.81. The molecular weight excluding hydrogens is 396 g/mol. The van der Waals surface area contributed by atoms with Gasteiger partial charge in [-0.3, -0.25) is 9.59 Å². The Hall–Kier alpha value is -1.38. The van der Waals surface area contributed by atoms with E-state index in [1.54, 1.807) is 21.0 Å². The lowest BCUT2D eigenvalue weighted by atomic mass is 9.99. The second-order valence-corrected chi connectivity index (χ2v) is 10.2. The van der Waals surface area contributed by atoms with Gasteiger partial charge >= 0.3 is 5.97 Å². The molecule has 0 radical (unpaired) electrons. The first-order valence-corrected chi connectivity index (χ1v) is 11.5. The molecule has 6 nitrogen and oxygen atoms in total. The van der Waals surface area contributed by atoms with E-state index in [1.165, 1.54) is 0 Å². The number of carboxylic acid groups (broad SMARTS) is 1. The van der Waals surface area contributed by atoms with E-state index in [-0.39, 0.29) is 15.9 Å². The Labute approximate surface area is 175 Å². The summed E-state index contributed by atoms with van der Waals surface area (Å²) in [6, 6.07) is 5.15. The number of methoxy groups -OCH3 is 1. The molecule has 1 aromatic rings. The molecule has 0 bridgehead atoms. The van der Waals surface area contributed by atoms with Gasteiger partial charge in [0.15, 0.2) is 0 Å². The Morgan fingerprint density at radius 3 is 2.57 bits per heavy atom. The van der Waals surface area contributed by atoms with Crippen molar-refractivity contribution in [3.63, 3.8) is 0 Å². The van der Waals surface area contributed by atoms with E-state index in [1.807, 2.05) is 41.7 Å². The third-order valence-corrected chi connectivity index (χ3v) is 8.31. The Kier molecular flexibility index (Phi) is 8.52. The molecule has 1 aliphatic rings. The van der Waals surface area contributed by atoms with Crippen LogP contribution in [0.3, 0.4) is 0 Å². The SMILES string of the molecule is COc1ccc(C2(CCC[C@@H](C)C(=O)O)SCCCS2)c(NC(=O)C(C)N)c1. The van der Waals surface area contributed by atoms with Gasteiger partial charge in [-0.2, -0.15) is 0 Å². The van der Waals surface area contributed by atoms with Gasteiger partial charge in [0.1, 0.15) is 5.75 Å². The molecule has 2 atom stereocenters. The van der Waals surface area contributed by atoms with Crippen LogP contribution in [-0.4, -0.2) is 41.6 Å². The summed E-state index contributed by atoms with van der Waals surface area (Å²) in [6.45, 7) is 3.40. The van der Waals surface area contributed by atoms with Crippen LogP contribution >= 0.6 is 23.5 Å². The fourth-order valence-electron chi connectivity index (χ4n) is 3.11. The first-order chi connectivity index (χ1) is 13.3. The zero-order valence-electron chi connectivity index (χ0n) is 16.7. The summed E-state index contributed by atoms with van der Waals surface area (Å²) < 4.78 is 5.13. The van der Waals surface area contributed by atoms with Gasteiger partial charge in [0.25, 0.3) is 0 Å². The lowest BCUT2D eigenvalue weighted by Gasteiger charge is -2.38. The highest BCUT2D eigenvalue weighted by Gasteiger charge is 2.37. The number of aliphatic carboxylic acids is 1. The molecule has 0 aliphatic carbocycles. The molecule has 28 heavy (non-hydrogen) atoms. The Morgan fingerprint density at radius 2 is 2.00 bits per heavy atom. The highest BCUT2D eigenvalue weighted by atomic mass is 32.2. The number of carbonyl (C=O) groups is 2. The summed E-state index contributed by atoms with van der Waals surface area (Å²) in [6.07, 6.45) is 3.42. The normalized spacial score (nSPS) is 18.1. The number of hydrogen-bond donors (Lipinski definition) is 3. The second kappa shape index (κ2) is 10.4. The molecule has 1 heterocycles. The number of amides is 1. The molecule has 1 aromatic carbocycles. The van der Waals surface area contributed by atoms with Crippen molar-refractivity contribution in [2.24, 2.45) is 11.7 Å². The zero-order chi connectivity index (χ0) is 20.7. The van der Waals surface area contributed by atoms with Crippen LogP contribution in [0.15, 0.2) is 18.2 Å². The Balaban J connectivity index is 2.33.